The molecule has 3 N–H and O–H groups in total. The molecule has 0 saturated carbocycles. The molecule has 0 aromatic heterocycles. The highest BCUT2D eigenvalue weighted by Crippen LogP contribution is 2.23. The third-order valence-corrected chi connectivity index (χ3v) is 2.51. The average molecular weight is 330 g/mol. The fraction of sp³-hybridized carbons (Fsp3) is 0.143. The third kappa shape index (κ3) is 6.20. The number of nitrogens with one attached hydrogen (secondary N) is 3. The van der Waals surface area contributed by atoms with Crippen molar-refractivity contribution in [1.29, 1.82) is 10.8 Å². The van der Waals surface area contributed by atoms with Crippen LogP contribution in [0.4, 0.5) is 17.7 Å². The van der Waals surface area contributed by atoms with Crippen LogP contribution < -0.4 is 10.3 Å². The topological polar surface area (TPSA) is 72.2 Å². The predicted octanol–water partition coefficient (Wildman–Crippen LogP) is 3.36. The van der Waals surface area contributed by atoms with E-state index in [-0.39, 0.29) is 17.1 Å². The van der Waals surface area contributed by atoms with Crippen molar-refractivity contribution in [2.24, 2.45) is 0 Å². The van der Waals surface area contributed by atoms with Crippen LogP contribution in [0.5, 0.6) is 5.75 Å². The molecule has 0 heterocycles. The van der Waals surface area contributed by atoms with E-state index in [0.717, 1.165) is 18.3 Å². The lowest BCUT2D eigenvalue weighted by Crippen LogP contribution is -2.23. The van der Waals surface area contributed by atoms with E-state index in [1.165, 1.54) is 48.0 Å². The molecule has 0 unspecified atom stereocenters. The summed E-state index contributed by atoms with van der Waals surface area (Å²) in [5.74, 6) is -0.627. The van der Waals surface area contributed by atoms with Gasteiger partial charge in [0.25, 0.3) is 0 Å². The Morgan fingerprint density at radius 1 is 1.35 bits per heavy atom. The molecule has 0 atom stereocenters. The van der Waals surface area contributed by atoms with Crippen LogP contribution in [0.15, 0.2) is 48.3 Å². The molecule has 9 heteroatoms. The summed E-state index contributed by atoms with van der Waals surface area (Å²) in [5, 5.41) is 14.8. The van der Waals surface area contributed by atoms with Gasteiger partial charge >= 0.3 is 6.36 Å². The third-order valence-electron chi connectivity index (χ3n) is 2.51. The maximum atomic E-state index is 12.6. The van der Waals surface area contributed by atoms with Crippen molar-refractivity contribution in [2.75, 3.05) is 7.05 Å². The quantitative estimate of drug-likeness (QED) is 0.246. The summed E-state index contributed by atoms with van der Waals surface area (Å²) in [4.78, 5) is 1.20. The Labute approximate surface area is 129 Å². The highest BCUT2D eigenvalue weighted by atomic mass is 19.4. The summed E-state index contributed by atoms with van der Waals surface area (Å²) in [6, 6.07) is 4.90. The van der Waals surface area contributed by atoms with Crippen LogP contribution in [-0.4, -0.2) is 30.4 Å². The molecule has 0 aliphatic carbocycles. The summed E-state index contributed by atoms with van der Waals surface area (Å²) in [6.45, 7) is 0. The lowest BCUT2D eigenvalue weighted by atomic mass is 10.2. The maximum absolute atomic E-state index is 12.6. The van der Waals surface area contributed by atoms with Crippen LogP contribution in [-0.2, 0) is 0 Å². The Balaban J connectivity index is 2.96. The number of allylic oxidation sites excluding steroid dienone is 2. The van der Waals surface area contributed by atoms with Gasteiger partial charge in [-0.1, -0.05) is 12.1 Å². The summed E-state index contributed by atoms with van der Waals surface area (Å²) < 4.78 is 53.0. The highest BCUT2D eigenvalue weighted by molar-refractivity contribution is 5.97. The second kappa shape index (κ2) is 7.97. The predicted molar refractivity (Wildman–Crippen MR) is 78.0 cm³/mol. The van der Waals surface area contributed by atoms with Crippen molar-refractivity contribution in [3.8, 4) is 5.75 Å². The fourth-order valence-corrected chi connectivity index (χ4v) is 1.57. The second-order valence-corrected chi connectivity index (χ2v) is 4.24. The first-order valence-corrected chi connectivity index (χ1v) is 6.20. The molecule has 0 fully saturated rings. The minimum absolute atomic E-state index is 0.0385. The first-order chi connectivity index (χ1) is 10.8. The molecule has 0 radical (unpaired) electrons. The summed E-state index contributed by atoms with van der Waals surface area (Å²) >= 11 is 0. The van der Waals surface area contributed by atoms with Gasteiger partial charge in [0.2, 0.25) is 0 Å². The molecule has 0 amide bonds. The average Bonchev–Trinajstić information content (AvgIpc) is 2.49. The Morgan fingerprint density at radius 2 is 2.04 bits per heavy atom. The number of hydrogen-bond donors (Lipinski definition) is 3. The van der Waals surface area contributed by atoms with Crippen LogP contribution in [0.1, 0.15) is 5.56 Å². The van der Waals surface area contributed by atoms with E-state index >= 15 is 0 Å². The number of halogens is 4. The van der Waals surface area contributed by atoms with E-state index in [1.807, 2.05) is 0 Å². The zero-order valence-electron chi connectivity index (χ0n) is 12.0. The van der Waals surface area contributed by atoms with E-state index in [2.05, 4.69) is 4.74 Å². The standard InChI is InChI=1S/C14H14F4N4O/c1-22(9-11(21-18)5-3-7-19)13(20)10-4-2-6-12(8-10)23-14(15,16)17/h2-9,19-21H,1H3/b5-3-,11-9+,19-7?,20-13?. The highest BCUT2D eigenvalue weighted by Gasteiger charge is 2.31. The first kappa shape index (κ1) is 18.2. The molecule has 0 saturated heterocycles. The number of rotatable bonds is 6. The zero-order valence-corrected chi connectivity index (χ0v) is 12.0. The smallest absolute Gasteiger partial charge is 0.406 e. The van der Waals surface area contributed by atoms with Gasteiger partial charge in [0.05, 0.1) is 5.70 Å². The number of hydrogen-bond acceptors (Lipinski definition) is 4. The van der Waals surface area contributed by atoms with Crippen LogP contribution in [0.2, 0.25) is 0 Å². The van der Waals surface area contributed by atoms with Gasteiger partial charge in [0, 0.05) is 25.0 Å². The molecular weight excluding hydrogens is 316 g/mol. The Bertz CT molecular complexity index is 625. The van der Waals surface area contributed by atoms with Gasteiger partial charge in [0.1, 0.15) is 11.6 Å². The summed E-state index contributed by atoms with van der Waals surface area (Å²) in [7, 11) is 1.43. The molecule has 124 valence electrons. The molecule has 5 nitrogen and oxygen atoms in total. The molecule has 23 heavy (non-hydrogen) atoms. The van der Waals surface area contributed by atoms with E-state index in [1.54, 1.807) is 0 Å². The van der Waals surface area contributed by atoms with Crippen LogP contribution in [0.3, 0.4) is 0 Å². The zero-order chi connectivity index (χ0) is 17.5. The van der Waals surface area contributed by atoms with Crippen molar-refractivity contribution in [3.63, 3.8) is 0 Å². The lowest BCUT2D eigenvalue weighted by molar-refractivity contribution is -0.274. The van der Waals surface area contributed by atoms with Crippen LogP contribution >= 0.6 is 0 Å². The van der Waals surface area contributed by atoms with Crippen molar-refractivity contribution in [1.82, 2.24) is 10.4 Å². The minimum atomic E-state index is -4.82. The largest absolute Gasteiger partial charge is 0.573 e. The van der Waals surface area contributed by atoms with Gasteiger partial charge in [-0.15, -0.1) is 17.7 Å². The van der Waals surface area contributed by atoms with E-state index in [4.69, 9.17) is 10.8 Å². The lowest BCUT2D eigenvalue weighted by Gasteiger charge is -2.17. The SMILES string of the molecule is CN(/C=C(\C=C/C=N)NF)C(=N)c1cccc(OC(F)(F)F)c1. The summed E-state index contributed by atoms with van der Waals surface area (Å²) in [6.07, 6.45) is -0.169. The number of alkyl halides is 3. The molecule has 0 aliphatic heterocycles. The number of benzene rings is 1. The van der Waals surface area contributed by atoms with Gasteiger partial charge in [-0.25, -0.2) is 5.54 Å². The number of ether oxygens (including phenoxy) is 1. The summed E-state index contributed by atoms with van der Waals surface area (Å²) in [5.41, 5.74) is 1.49. The van der Waals surface area contributed by atoms with E-state index in [9.17, 15) is 17.7 Å². The fourth-order valence-electron chi connectivity index (χ4n) is 1.57. The van der Waals surface area contributed by atoms with Crippen LogP contribution in [0, 0.1) is 10.8 Å². The molecule has 1 rings (SSSR count). The minimum Gasteiger partial charge on any atom is -0.406 e. The van der Waals surface area contributed by atoms with Crippen molar-refractivity contribution >= 4 is 12.1 Å². The van der Waals surface area contributed by atoms with Crippen molar-refractivity contribution in [2.45, 2.75) is 6.36 Å². The second-order valence-electron chi connectivity index (χ2n) is 4.24. The molecule has 0 aliphatic rings. The Kier molecular flexibility index (Phi) is 6.31. The van der Waals surface area contributed by atoms with Crippen LogP contribution in [0.25, 0.3) is 0 Å². The molecular formula is C14H14F4N4O. The molecule has 0 bridgehead atoms. The number of nitrogens with zero attached hydrogens (tertiary/aromatic N) is 1. The van der Waals surface area contributed by atoms with E-state index in [0.29, 0.717) is 0 Å². The molecule has 1 aromatic rings. The maximum Gasteiger partial charge on any atom is 0.573 e. The first-order valence-electron chi connectivity index (χ1n) is 6.20. The molecule has 1 aromatic carbocycles. The van der Waals surface area contributed by atoms with Crippen molar-refractivity contribution in [3.05, 3.63) is 53.9 Å². The van der Waals surface area contributed by atoms with Gasteiger partial charge in [-0.05, 0) is 24.3 Å². The number of amidine groups is 1. The monoisotopic (exact) mass is 330 g/mol. The molecule has 0 spiro atoms. The normalized spacial score (nSPS) is 12.1. The van der Waals surface area contributed by atoms with Crippen molar-refractivity contribution < 1.29 is 22.4 Å². The van der Waals surface area contributed by atoms with E-state index < -0.39 is 12.1 Å². The van der Waals surface area contributed by atoms with Gasteiger partial charge in [-0.2, -0.15) is 0 Å². The van der Waals surface area contributed by atoms with Gasteiger partial charge in [0.15, 0.2) is 0 Å². The Morgan fingerprint density at radius 3 is 2.61 bits per heavy atom. The Hall–Kier alpha value is -2.84. The van der Waals surface area contributed by atoms with Gasteiger partial charge < -0.3 is 15.0 Å². The van der Waals surface area contributed by atoms with Gasteiger partial charge in [-0.3, -0.25) is 5.41 Å².